The molecule has 0 aliphatic carbocycles. The van der Waals surface area contributed by atoms with E-state index in [2.05, 4.69) is 10.6 Å². The minimum Gasteiger partial charge on any atom is -0.396 e. The number of aliphatic hydroxyl groups is 2. The molecule has 0 aromatic heterocycles. The van der Waals surface area contributed by atoms with E-state index in [9.17, 15) is 41.4 Å². The lowest BCUT2D eigenvalue weighted by molar-refractivity contribution is -0.145. The van der Waals surface area contributed by atoms with E-state index >= 15 is 0 Å². The highest BCUT2D eigenvalue weighted by molar-refractivity contribution is 7.92. The van der Waals surface area contributed by atoms with E-state index < -0.39 is 43.5 Å². The van der Waals surface area contributed by atoms with Gasteiger partial charge < -0.3 is 25.7 Å². The highest BCUT2D eigenvalue weighted by Gasteiger charge is 2.47. The summed E-state index contributed by atoms with van der Waals surface area (Å²) in [5, 5.41) is 25.1. The van der Waals surface area contributed by atoms with Crippen molar-refractivity contribution in [2.24, 2.45) is 5.41 Å². The minimum absolute atomic E-state index is 0.0518. The molecule has 1 amide bonds. The van der Waals surface area contributed by atoms with Crippen molar-refractivity contribution in [3.63, 3.8) is 0 Å². The number of nitrogens with zero attached hydrogens (tertiary/aromatic N) is 1. The largest absolute Gasteiger partial charge is 0.501 e. The Bertz CT molecular complexity index is 992. The van der Waals surface area contributed by atoms with Gasteiger partial charge in [0, 0.05) is 49.7 Å². The number of rotatable bonds is 11. The molecule has 0 saturated carbocycles. The monoisotopic (exact) mass is 523 g/mol. The number of carbonyl (C=O) groups excluding carboxylic acids is 2. The number of hydrogen-bond donors (Lipinski definition) is 4. The summed E-state index contributed by atoms with van der Waals surface area (Å²) in [5.41, 5.74) is -5.87. The molecule has 1 fully saturated rings. The number of halogens is 3. The van der Waals surface area contributed by atoms with Gasteiger partial charge in [-0.1, -0.05) is 19.9 Å². The molecule has 2 rings (SSSR count). The van der Waals surface area contributed by atoms with Gasteiger partial charge in [0.1, 0.15) is 0 Å². The lowest BCUT2D eigenvalue weighted by Gasteiger charge is -2.32. The molecule has 1 saturated heterocycles. The highest BCUT2D eigenvalue weighted by Crippen LogP contribution is 2.31. The molecule has 0 unspecified atom stereocenters. The Hall–Kier alpha value is -2.22. The minimum atomic E-state index is -5.45. The maximum atomic E-state index is 12.8. The molecule has 13 heteroatoms. The summed E-state index contributed by atoms with van der Waals surface area (Å²) in [6, 6.07) is 4.27. The maximum absolute atomic E-state index is 12.8. The molecule has 9 nitrogen and oxygen atoms in total. The van der Waals surface area contributed by atoms with Crippen molar-refractivity contribution in [3.8, 4) is 0 Å². The van der Waals surface area contributed by atoms with Gasteiger partial charge in [-0.05, 0) is 31.0 Å². The fourth-order valence-electron chi connectivity index (χ4n) is 3.45. The molecular weight excluding hydrogens is 491 g/mol. The van der Waals surface area contributed by atoms with Crippen molar-refractivity contribution in [1.29, 1.82) is 0 Å². The molecule has 0 spiro atoms. The molecule has 35 heavy (non-hydrogen) atoms. The molecule has 1 aliphatic heterocycles. The number of Topliss-reactive ketones (excluding diaryl/α,β-unsaturated/α-hetero) is 1. The molecule has 1 aromatic rings. The van der Waals surface area contributed by atoms with Gasteiger partial charge in [0.25, 0.3) is 15.7 Å². The SMILES string of the molecule is CC(C)(CO)[C@@H](O)CNCCC(=O)C(=O)N1CCC(Nc2cccc(S(=O)(=O)C(F)(F)F)c2)CC1. The summed E-state index contributed by atoms with van der Waals surface area (Å²) < 4.78 is 61.6. The van der Waals surface area contributed by atoms with Crippen molar-refractivity contribution in [1.82, 2.24) is 10.2 Å². The second kappa shape index (κ2) is 11.7. The van der Waals surface area contributed by atoms with Crippen molar-refractivity contribution in [2.45, 2.75) is 55.7 Å². The van der Waals surface area contributed by atoms with Crippen LogP contribution in [-0.2, 0) is 19.4 Å². The Labute approximate surface area is 202 Å². The number of alkyl halides is 3. The molecule has 4 N–H and O–H groups in total. The molecule has 1 aliphatic rings. The van der Waals surface area contributed by atoms with E-state index in [1.807, 2.05) is 0 Å². The maximum Gasteiger partial charge on any atom is 0.501 e. The number of anilines is 1. The number of carbonyl (C=O) groups is 2. The first kappa shape index (κ1) is 29.0. The van der Waals surface area contributed by atoms with Gasteiger partial charge >= 0.3 is 5.51 Å². The Morgan fingerprint density at radius 1 is 1.20 bits per heavy atom. The van der Waals surface area contributed by atoms with Crippen LogP contribution in [0.5, 0.6) is 0 Å². The number of benzene rings is 1. The Morgan fingerprint density at radius 2 is 1.83 bits per heavy atom. The fourth-order valence-corrected chi connectivity index (χ4v) is 4.26. The van der Waals surface area contributed by atoms with Crippen LogP contribution in [0.4, 0.5) is 18.9 Å². The van der Waals surface area contributed by atoms with Crippen LogP contribution in [-0.4, -0.2) is 85.7 Å². The number of hydrogen-bond acceptors (Lipinski definition) is 8. The van der Waals surface area contributed by atoms with Crippen LogP contribution in [0.3, 0.4) is 0 Å². The van der Waals surface area contributed by atoms with E-state index in [0.717, 1.165) is 12.1 Å². The molecule has 198 valence electrons. The lowest BCUT2D eigenvalue weighted by atomic mass is 9.87. The summed E-state index contributed by atoms with van der Waals surface area (Å²) in [7, 11) is -5.45. The lowest BCUT2D eigenvalue weighted by Crippen LogP contribution is -2.46. The number of sulfone groups is 1. The van der Waals surface area contributed by atoms with Crippen molar-refractivity contribution in [2.75, 3.05) is 38.1 Å². The predicted molar refractivity (Wildman–Crippen MR) is 122 cm³/mol. The Balaban J connectivity index is 1.81. The number of amides is 1. The fraction of sp³-hybridized carbons (Fsp3) is 0.636. The van der Waals surface area contributed by atoms with Crippen molar-refractivity contribution < 1.29 is 41.4 Å². The third kappa shape index (κ3) is 7.63. The average molecular weight is 524 g/mol. The zero-order valence-electron chi connectivity index (χ0n) is 19.6. The first-order valence-corrected chi connectivity index (χ1v) is 12.7. The van der Waals surface area contributed by atoms with Crippen LogP contribution in [0.1, 0.15) is 33.1 Å². The molecule has 1 atom stereocenters. The third-order valence-corrected chi connectivity index (χ3v) is 7.50. The topological polar surface area (TPSA) is 136 Å². The molecule has 1 aromatic carbocycles. The van der Waals surface area contributed by atoms with E-state index in [1.165, 1.54) is 17.0 Å². The van der Waals surface area contributed by atoms with Crippen molar-refractivity contribution >= 4 is 27.2 Å². The summed E-state index contributed by atoms with van der Waals surface area (Å²) in [4.78, 5) is 25.2. The van der Waals surface area contributed by atoms with Gasteiger partial charge in [-0.2, -0.15) is 13.2 Å². The van der Waals surface area contributed by atoms with Gasteiger partial charge in [-0.15, -0.1) is 0 Å². The Morgan fingerprint density at radius 3 is 2.40 bits per heavy atom. The predicted octanol–water partition coefficient (Wildman–Crippen LogP) is 1.31. The number of ketones is 1. The molecular formula is C22H32F3N3O6S. The van der Waals surface area contributed by atoms with Gasteiger partial charge in [0.15, 0.2) is 0 Å². The number of piperidine rings is 1. The van der Waals surface area contributed by atoms with Crippen LogP contribution in [0.25, 0.3) is 0 Å². The summed E-state index contributed by atoms with van der Waals surface area (Å²) in [5.74, 6) is -1.20. The molecule has 0 bridgehead atoms. The first-order chi connectivity index (χ1) is 16.2. The third-order valence-electron chi connectivity index (χ3n) is 6.02. The quantitative estimate of drug-likeness (QED) is 0.252. The normalized spacial score (nSPS) is 16.7. The van der Waals surface area contributed by atoms with Crippen molar-refractivity contribution in [3.05, 3.63) is 24.3 Å². The second-order valence-corrected chi connectivity index (χ2v) is 11.2. The number of likely N-dealkylation sites (tertiary alicyclic amines) is 1. The van der Waals surface area contributed by atoms with Gasteiger partial charge in [-0.3, -0.25) is 9.59 Å². The summed E-state index contributed by atoms with van der Waals surface area (Å²) >= 11 is 0. The first-order valence-electron chi connectivity index (χ1n) is 11.2. The van der Waals surface area contributed by atoms with E-state index in [4.69, 9.17) is 0 Å². The highest BCUT2D eigenvalue weighted by atomic mass is 32.2. The van der Waals surface area contributed by atoms with Gasteiger partial charge in [0.05, 0.1) is 17.6 Å². The number of nitrogens with one attached hydrogen (secondary N) is 2. The zero-order chi connectivity index (χ0) is 26.4. The molecule has 1 heterocycles. The van der Waals surface area contributed by atoms with E-state index in [1.54, 1.807) is 13.8 Å². The number of aliphatic hydroxyl groups excluding tert-OH is 2. The zero-order valence-corrected chi connectivity index (χ0v) is 20.5. The smallest absolute Gasteiger partial charge is 0.396 e. The van der Waals surface area contributed by atoms with Crippen LogP contribution >= 0.6 is 0 Å². The average Bonchev–Trinajstić information content (AvgIpc) is 2.81. The second-order valence-electron chi connectivity index (χ2n) is 9.23. The van der Waals surface area contributed by atoms with E-state index in [-0.39, 0.29) is 50.9 Å². The van der Waals surface area contributed by atoms with Crippen LogP contribution in [0.2, 0.25) is 0 Å². The van der Waals surface area contributed by atoms with Crippen LogP contribution in [0.15, 0.2) is 29.2 Å². The van der Waals surface area contributed by atoms with Gasteiger partial charge in [0.2, 0.25) is 5.78 Å². The Kier molecular flexibility index (Phi) is 9.68. The van der Waals surface area contributed by atoms with Crippen LogP contribution in [0, 0.1) is 5.41 Å². The summed E-state index contributed by atoms with van der Waals surface area (Å²) in [6.07, 6.45) is -0.0190. The standard InChI is InChI=1S/C22H32F3N3O6S/c1-21(2,14-29)19(31)13-26-9-6-18(30)20(32)28-10-7-15(8-11-28)27-16-4-3-5-17(12-16)35(33,34)22(23,24)25/h3-5,12,15,19,26-27,29,31H,6-11,13-14H2,1-2H3/t19-/m0/s1. The summed E-state index contributed by atoms with van der Waals surface area (Å²) in [6.45, 7) is 4.09. The van der Waals surface area contributed by atoms with E-state index in [0.29, 0.717) is 12.8 Å². The van der Waals surface area contributed by atoms with Crippen LogP contribution < -0.4 is 10.6 Å². The van der Waals surface area contributed by atoms with Gasteiger partial charge in [-0.25, -0.2) is 8.42 Å². The molecule has 0 radical (unpaired) electrons.